The third-order valence-electron chi connectivity index (χ3n) is 2.79. The molecule has 0 aliphatic heterocycles. The number of nitrogens with zero attached hydrogens (tertiary/aromatic N) is 1. The largest absolute Gasteiger partial charge is 0.314 e. The maximum Gasteiger partial charge on any atom is 0.165 e. The van der Waals surface area contributed by atoms with Crippen molar-refractivity contribution in [3.63, 3.8) is 0 Å². The zero-order chi connectivity index (χ0) is 11.8. The lowest BCUT2D eigenvalue weighted by Gasteiger charge is -2.07. The van der Waals surface area contributed by atoms with Crippen LogP contribution < -0.4 is 0 Å². The summed E-state index contributed by atoms with van der Waals surface area (Å²) < 4.78 is 15.7. The SMILES string of the molecule is Fc1c(Cl)cccc1-n1ccc2ccccc21. The van der Waals surface area contributed by atoms with Crippen LogP contribution >= 0.6 is 11.6 Å². The van der Waals surface area contributed by atoms with Crippen LogP contribution in [0.3, 0.4) is 0 Å². The average molecular weight is 246 g/mol. The van der Waals surface area contributed by atoms with Gasteiger partial charge in [-0.2, -0.15) is 0 Å². The lowest BCUT2D eigenvalue weighted by atomic mass is 10.2. The normalized spacial score (nSPS) is 10.9. The maximum absolute atomic E-state index is 13.9. The summed E-state index contributed by atoms with van der Waals surface area (Å²) in [4.78, 5) is 0. The molecule has 1 heterocycles. The molecule has 0 unspecified atom stereocenters. The summed E-state index contributed by atoms with van der Waals surface area (Å²) in [6.07, 6.45) is 1.85. The van der Waals surface area contributed by atoms with Gasteiger partial charge in [0.2, 0.25) is 0 Å². The fourth-order valence-electron chi connectivity index (χ4n) is 1.97. The molecule has 0 aliphatic rings. The zero-order valence-electron chi connectivity index (χ0n) is 8.90. The number of hydrogen-bond donors (Lipinski definition) is 0. The Morgan fingerprint density at radius 3 is 2.65 bits per heavy atom. The number of aromatic nitrogens is 1. The Labute approximate surface area is 103 Å². The van der Waals surface area contributed by atoms with Crippen molar-refractivity contribution in [2.75, 3.05) is 0 Å². The highest BCUT2D eigenvalue weighted by molar-refractivity contribution is 6.30. The molecule has 0 saturated carbocycles. The van der Waals surface area contributed by atoms with Gasteiger partial charge in [0, 0.05) is 6.20 Å². The summed E-state index contributed by atoms with van der Waals surface area (Å²) in [5.74, 6) is -0.393. The molecule has 0 bridgehead atoms. The smallest absolute Gasteiger partial charge is 0.165 e. The number of fused-ring (bicyclic) bond motifs is 1. The van der Waals surface area contributed by atoms with E-state index in [0.29, 0.717) is 5.69 Å². The molecule has 3 aromatic rings. The third-order valence-corrected chi connectivity index (χ3v) is 3.08. The van der Waals surface area contributed by atoms with Crippen molar-refractivity contribution in [2.24, 2.45) is 0 Å². The molecule has 2 aromatic carbocycles. The van der Waals surface area contributed by atoms with Crippen molar-refractivity contribution in [2.45, 2.75) is 0 Å². The van der Waals surface area contributed by atoms with Crippen molar-refractivity contribution >= 4 is 22.5 Å². The fraction of sp³-hybridized carbons (Fsp3) is 0. The van der Waals surface area contributed by atoms with E-state index in [1.165, 1.54) is 0 Å². The van der Waals surface area contributed by atoms with E-state index >= 15 is 0 Å². The summed E-state index contributed by atoms with van der Waals surface area (Å²) in [5.41, 5.74) is 1.44. The number of rotatable bonds is 1. The van der Waals surface area contributed by atoms with Gasteiger partial charge in [0.25, 0.3) is 0 Å². The molecule has 3 rings (SSSR count). The average Bonchev–Trinajstić information content (AvgIpc) is 2.77. The molecule has 0 spiro atoms. The second kappa shape index (κ2) is 3.90. The van der Waals surface area contributed by atoms with E-state index in [1.807, 2.05) is 36.5 Å². The third kappa shape index (κ3) is 1.61. The summed E-state index contributed by atoms with van der Waals surface area (Å²) in [6.45, 7) is 0. The number of benzene rings is 2. The Morgan fingerprint density at radius 1 is 0.941 bits per heavy atom. The van der Waals surface area contributed by atoms with Crippen LogP contribution in [0.4, 0.5) is 4.39 Å². The molecule has 0 fully saturated rings. The minimum absolute atomic E-state index is 0.139. The van der Waals surface area contributed by atoms with Crippen molar-refractivity contribution in [3.05, 3.63) is 65.6 Å². The summed E-state index contributed by atoms with van der Waals surface area (Å²) in [6, 6.07) is 14.8. The highest BCUT2D eigenvalue weighted by Gasteiger charge is 2.09. The standard InChI is InChI=1S/C14H9ClFN/c15-11-5-3-7-13(14(11)16)17-9-8-10-4-1-2-6-12(10)17/h1-9H. The minimum atomic E-state index is -0.393. The molecule has 0 aliphatic carbocycles. The van der Waals surface area contributed by atoms with E-state index in [-0.39, 0.29) is 5.02 Å². The summed E-state index contributed by atoms with van der Waals surface area (Å²) in [5, 5.41) is 1.21. The van der Waals surface area contributed by atoms with E-state index in [1.54, 1.807) is 22.8 Å². The van der Waals surface area contributed by atoms with Crippen molar-refractivity contribution in [1.29, 1.82) is 0 Å². The minimum Gasteiger partial charge on any atom is -0.314 e. The second-order valence-corrected chi connectivity index (χ2v) is 4.22. The number of halogens is 2. The Balaban J connectivity index is 2.31. The first-order chi connectivity index (χ1) is 8.27. The maximum atomic E-state index is 13.9. The first-order valence-electron chi connectivity index (χ1n) is 5.28. The van der Waals surface area contributed by atoms with Gasteiger partial charge in [-0.3, -0.25) is 0 Å². The van der Waals surface area contributed by atoms with Gasteiger partial charge in [0.05, 0.1) is 16.2 Å². The molecule has 3 heteroatoms. The van der Waals surface area contributed by atoms with Gasteiger partial charge in [0.1, 0.15) is 0 Å². The predicted molar refractivity (Wildman–Crippen MR) is 68.2 cm³/mol. The fourth-order valence-corrected chi connectivity index (χ4v) is 2.14. The van der Waals surface area contributed by atoms with Gasteiger partial charge in [-0.25, -0.2) is 4.39 Å². The molecule has 0 atom stereocenters. The van der Waals surface area contributed by atoms with E-state index in [2.05, 4.69) is 0 Å². The van der Waals surface area contributed by atoms with Crippen molar-refractivity contribution in [3.8, 4) is 5.69 Å². The summed E-state index contributed by atoms with van der Waals surface area (Å²) in [7, 11) is 0. The monoisotopic (exact) mass is 245 g/mol. The van der Waals surface area contributed by atoms with E-state index in [4.69, 9.17) is 11.6 Å². The lowest BCUT2D eigenvalue weighted by Crippen LogP contribution is -1.96. The molecule has 0 saturated heterocycles. The van der Waals surface area contributed by atoms with Gasteiger partial charge in [-0.1, -0.05) is 35.9 Å². The molecule has 0 amide bonds. The zero-order valence-corrected chi connectivity index (χ0v) is 9.66. The lowest BCUT2D eigenvalue weighted by molar-refractivity contribution is 0.620. The molecular formula is C14H9ClFN. The van der Waals surface area contributed by atoms with Crippen LogP contribution in [0.15, 0.2) is 54.7 Å². The number of para-hydroxylation sites is 1. The van der Waals surface area contributed by atoms with Gasteiger partial charge < -0.3 is 4.57 Å². The summed E-state index contributed by atoms with van der Waals surface area (Å²) >= 11 is 5.79. The van der Waals surface area contributed by atoms with Gasteiger partial charge >= 0.3 is 0 Å². The van der Waals surface area contributed by atoms with Gasteiger partial charge in [-0.05, 0) is 29.7 Å². The van der Waals surface area contributed by atoms with Crippen LogP contribution in [0, 0.1) is 5.82 Å². The van der Waals surface area contributed by atoms with Gasteiger partial charge in [-0.15, -0.1) is 0 Å². The predicted octanol–water partition coefficient (Wildman–Crippen LogP) is 4.42. The first-order valence-corrected chi connectivity index (χ1v) is 5.65. The van der Waals surface area contributed by atoms with E-state index in [0.717, 1.165) is 10.9 Å². The molecule has 1 nitrogen and oxygen atoms in total. The molecule has 17 heavy (non-hydrogen) atoms. The quantitative estimate of drug-likeness (QED) is 0.598. The van der Waals surface area contributed by atoms with Gasteiger partial charge in [0.15, 0.2) is 5.82 Å². The van der Waals surface area contributed by atoms with Crippen LogP contribution in [-0.2, 0) is 0 Å². The Kier molecular flexibility index (Phi) is 2.37. The van der Waals surface area contributed by atoms with Crippen LogP contribution in [0.5, 0.6) is 0 Å². The van der Waals surface area contributed by atoms with Crippen molar-refractivity contribution in [1.82, 2.24) is 4.57 Å². The molecule has 84 valence electrons. The Hall–Kier alpha value is -1.80. The van der Waals surface area contributed by atoms with Crippen LogP contribution in [0.2, 0.25) is 5.02 Å². The van der Waals surface area contributed by atoms with E-state index < -0.39 is 5.82 Å². The first kappa shape index (κ1) is 10.4. The van der Waals surface area contributed by atoms with Crippen molar-refractivity contribution < 1.29 is 4.39 Å². The topological polar surface area (TPSA) is 4.93 Å². The highest BCUT2D eigenvalue weighted by Crippen LogP contribution is 2.25. The molecule has 0 N–H and O–H groups in total. The number of hydrogen-bond acceptors (Lipinski definition) is 0. The Morgan fingerprint density at radius 2 is 1.76 bits per heavy atom. The second-order valence-electron chi connectivity index (χ2n) is 3.82. The van der Waals surface area contributed by atoms with Crippen LogP contribution in [0.1, 0.15) is 0 Å². The molecular weight excluding hydrogens is 237 g/mol. The molecule has 0 radical (unpaired) electrons. The molecule has 1 aromatic heterocycles. The Bertz CT molecular complexity index is 688. The van der Waals surface area contributed by atoms with Crippen LogP contribution in [-0.4, -0.2) is 4.57 Å². The van der Waals surface area contributed by atoms with Crippen LogP contribution in [0.25, 0.3) is 16.6 Å². The van der Waals surface area contributed by atoms with E-state index in [9.17, 15) is 4.39 Å². The highest BCUT2D eigenvalue weighted by atomic mass is 35.5.